The van der Waals surface area contributed by atoms with Crippen molar-refractivity contribution in [3.8, 4) is 0 Å². The van der Waals surface area contributed by atoms with Crippen molar-refractivity contribution < 1.29 is 24.2 Å². The van der Waals surface area contributed by atoms with Crippen LogP contribution in [0, 0.1) is 5.92 Å². The fourth-order valence-corrected chi connectivity index (χ4v) is 2.79. The maximum atomic E-state index is 12.1. The third kappa shape index (κ3) is 2.54. The van der Waals surface area contributed by atoms with Crippen LogP contribution in [0.25, 0.3) is 0 Å². The number of carboxylic acids is 1. The second kappa shape index (κ2) is 4.67. The van der Waals surface area contributed by atoms with Crippen molar-refractivity contribution in [2.45, 2.75) is 44.8 Å². The lowest BCUT2D eigenvalue weighted by Crippen LogP contribution is -2.71. The topological polar surface area (TPSA) is 76.1 Å². The average molecular weight is 271 g/mol. The molecule has 6 nitrogen and oxygen atoms in total. The molecule has 0 radical (unpaired) electrons. The molecular formula is C13H21NO5. The van der Waals surface area contributed by atoms with Gasteiger partial charge in [-0.25, -0.2) is 4.79 Å². The number of carbonyl (C=O) groups is 2. The minimum Gasteiger partial charge on any atom is -0.481 e. The van der Waals surface area contributed by atoms with Gasteiger partial charge in [0.05, 0.1) is 18.1 Å². The average Bonchev–Trinajstić information content (AvgIpc) is 2.24. The van der Waals surface area contributed by atoms with Gasteiger partial charge in [-0.15, -0.1) is 0 Å². The highest BCUT2D eigenvalue weighted by molar-refractivity contribution is 5.76. The van der Waals surface area contributed by atoms with Gasteiger partial charge in [0.25, 0.3) is 0 Å². The van der Waals surface area contributed by atoms with Crippen LogP contribution in [-0.4, -0.2) is 53.0 Å². The normalized spacial score (nSPS) is 30.9. The Morgan fingerprint density at radius 2 is 2.11 bits per heavy atom. The van der Waals surface area contributed by atoms with Gasteiger partial charge in [0, 0.05) is 13.2 Å². The number of rotatable bonds is 1. The Hall–Kier alpha value is -1.30. The molecule has 0 aromatic rings. The zero-order chi connectivity index (χ0) is 14.3. The lowest BCUT2D eigenvalue weighted by Gasteiger charge is -2.56. The van der Waals surface area contributed by atoms with Gasteiger partial charge in [-0.2, -0.15) is 0 Å². The second-order valence-electron chi connectivity index (χ2n) is 6.22. The van der Waals surface area contributed by atoms with Gasteiger partial charge in [0.2, 0.25) is 0 Å². The Morgan fingerprint density at radius 3 is 2.58 bits per heavy atom. The SMILES string of the molecule is CC(C)(C)OC(=O)N1CCC12COCCC2C(=O)O. The smallest absolute Gasteiger partial charge is 0.410 e. The summed E-state index contributed by atoms with van der Waals surface area (Å²) in [4.78, 5) is 25.0. The number of amides is 1. The number of hydrogen-bond donors (Lipinski definition) is 1. The first kappa shape index (κ1) is 14.1. The van der Waals surface area contributed by atoms with Crippen molar-refractivity contribution in [1.29, 1.82) is 0 Å². The Kier molecular flexibility index (Phi) is 3.47. The van der Waals surface area contributed by atoms with Crippen molar-refractivity contribution in [3.63, 3.8) is 0 Å². The maximum Gasteiger partial charge on any atom is 0.410 e. The number of nitrogens with zero attached hydrogens (tertiary/aromatic N) is 1. The van der Waals surface area contributed by atoms with Gasteiger partial charge in [-0.05, 0) is 33.6 Å². The molecule has 19 heavy (non-hydrogen) atoms. The number of carboxylic acid groups (broad SMARTS) is 1. The van der Waals surface area contributed by atoms with Crippen LogP contribution in [0.2, 0.25) is 0 Å². The van der Waals surface area contributed by atoms with E-state index in [-0.39, 0.29) is 6.61 Å². The van der Waals surface area contributed by atoms with Crippen molar-refractivity contribution in [1.82, 2.24) is 4.90 Å². The molecule has 2 saturated heterocycles. The Labute approximate surface area is 112 Å². The van der Waals surface area contributed by atoms with Crippen LogP contribution in [-0.2, 0) is 14.3 Å². The molecule has 0 bridgehead atoms. The van der Waals surface area contributed by atoms with E-state index in [4.69, 9.17) is 9.47 Å². The summed E-state index contributed by atoms with van der Waals surface area (Å²) in [5, 5.41) is 9.34. The molecule has 2 unspecified atom stereocenters. The first-order valence-electron chi connectivity index (χ1n) is 6.57. The maximum absolute atomic E-state index is 12.1. The molecule has 1 amide bonds. The molecule has 1 N–H and O–H groups in total. The lowest BCUT2D eigenvalue weighted by molar-refractivity contribution is -0.172. The summed E-state index contributed by atoms with van der Waals surface area (Å²) in [5.41, 5.74) is -1.30. The van der Waals surface area contributed by atoms with Gasteiger partial charge < -0.3 is 14.6 Å². The van der Waals surface area contributed by atoms with Crippen molar-refractivity contribution in [3.05, 3.63) is 0 Å². The van der Waals surface area contributed by atoms with Crippen LogP contribution in [0.15, 0.2) is 0 Å². The first-order valence-corrected chi connectivity index (χ1v) is 6.57. The molecule has 2 aliphatic heterocycles. The van der Waals surface area contributed by atoms with Gasteiger partial charge in [0.15, 0.2) is 0 Å². The molecule has 0 aromatic heterocycles. The standard InChI is InChI=1S/C13H21NO5/c1-12(2,3)19-11(17)14-6-5-13(14)8-18-7-4-9(13)10(15)16/h9H,4-8H2,1-3H3,(H,15,16). The summed E-state index contributed by atoms with van der Waals surface area (Å²) in [6.07, 6.45) is 0.646. The summed E-state index contributed by atoms with van der Waals surface area (Å²) < 4.78 is 10.7. The molecule has 2 heterocycles. The lowest BCUT2D eigenvalue weighted by atomic mass is 9.72. The third-order valence-electron chi connectivity index (χ3n) is 3.77. The highest BCUT2D eigenvalue weighted by Crippen LogP contribution is 2.42. The highest BCUT2D eigenvalue weighted by atomic mass is 16.6. The third-order valence-corrected chi connectivity index (χ3v) is 3.77. The number of likely N-dealkylation sites (tertiary alicyclic amines) is 1. The molecular weight excluding hydrogens is 250 g/mol. The van der Waals surface area contributed by atoms with Crippen LogP contribution in [0.5, 0.6) is 0 Å². The van der Waals surface area contributed by atoms with E-state index in [1.165, 1.54) is 4.90 Å². The van der Waals surface area contributed by atoms with Gasteiger partial charge >= 0.3 is 12.1 Å². The van der Waals surface area contributed by atoms with Crippen molar-refractivity contribution in [2.75, 3.05) is 19.8 Å². The molecule has 1 spiro atoms. The Balaban J connectivity index is 2.14. The summed E-state index contributed by atoms with van der Waals surface area (Å²) in [6, 6.07) is 0. The van der Waals surface area contributed by atoms with E-state index in [0.717, 1.165) is 0 Å². The number of aliphatic carboxylic acids is 1. The molecule has 108 valence electrons. The van der Waals surface area contributed by atoms with Gasteiger partial charge in [-0.1, -0.05) is 0 Å². The quantitative estimate of drug-likeness (QED) is 0.782. The van der Waals surface area contributed by atoms with Crippen LogP contribution in [0.4, 0.5) is 4.79 Å². The van der Waals surface area contributed by atoms with Gasteiger partial charge in [-0.3, -0.25) is 9.69 Å². The molecule has 0 saturated carbocycles. The summed E-state index contributed by atoms with van der Waals surface area (Å²) in [6.45, 7) is 6.63. The number of carbonyl (C=O) groups excluding carboxylic acids is 1. The Bertz CT molecular complexity index is 389. The summed E-state index contributed by atoms with van der Waals surface area (Å²) >= 11 is 0. The van der Waals surface area contributed by atoms with E-state index < -0.39 is 29.1 Å². The Morgan fingerprint density at radius 1 is 1.42 bits per heavy atom. The fourth-order valence-electron chi connectivity index (χ4n) is 2.79. The highest BCUT2D eigenvalue weighted by Gasteiger charge is 2.57. The van der Waals surface area contributed by atoms with E-state index in [1.54, 1.807) is 20.8 Å². The zero-order valence-corrected chi connectivity index (χ0v) is 11.6. The van der Waals surface area contributed by atoms with E-state index in [2.05, 4.69) is 0 Å². The monoisotopic (exact) mass is 271 g/mol. The first-order chi connectivity index (χ1) is 8.76. The van der Waals surface area contributed by atoms with Crippen LogP contribution >= 0.6 is 0 Å². The van der Waals surface area contributed by atoms with E-state index in [0.29, 0.717) is 26.0 Å². The molecule has 6 heteroatoms. The fraction of sp³-hybridized carbons (Fsp3) is 0.846. The molecule has 2 atom stereocenters. The summed E-state index contributed by atoms with van der Waals surface area (Å²) in [5.74, 6) is -1.43. The molecule has 2 aliphatic rings. The van der Waals surface area contributed by atoms with Crippen LogP contribution in [0.1, 0.15) is 33.6 Å². The zero-order valence-electron chi connectivity index (χ0n) is 11.6. The largest absolute Gasteiger partial charge is 0.481 e. The summed E-state index contributed by atoms with van der Waals surface area (Å²) in [7, 11) is 0. The van der Waals surface area contributed by atoms with Crippen molar-refractivity contribution >= 4 is 12.1 Å². The van der Waals surface area contributed by atoms with E-state index in [9.17, 15) is 14.7 Å². The molecule has 2 rings (SSSR count). The molecule has 2 fully saturated rings. The minimum atomic E-state index is -0.864. The van der Waals surface area contributed by atoms with Crippen molar-refractivity contribution in [2.24, 2.45) is 5.92 Å². The van der Waals surface area contributed by atoms with Crippen LogP contribution < -0.4 is 0 Å². The van der Waals surface area contributed by atoms with E-state index >= 15 is 0 Å². The predicted molar refractivity (Wildman–Crippen MR) is 66.8 cm³/mol. The number of hydrogen-bond acceptors (Lipinski definition) is 4. The van der Waals surface area contributed by atoms with Crippen LogP contribution in [0.3, 0.4) is 0 Å². The minimum absolute atomic E-state index is 0.281. The predicted octanol–water partition coefficient (Wildman–Crippen LogP) is 1.49. The molecule has 0 aromatic carbocycles. The molecule has 0 aliphatic carbocycles. The second-order valence-corrected chi connectivity index (χ2v) is 6.22. The number of ether oxygens (including phenoxy) is 2. The van der Waals surface area contributed by atoms with Gasteiger partial charge in [0.1, 0.15) is 5.60 Å². The van der Waals surface area contributed by atoms with E-state index in [1.807, 2.05) is 0 Å².